The summed E-state index contributed by atoms with van der Waals surface area (Å²) in [5.41, 5.74) is 0.617. The number of amides is 1. The molecule has 2 saturated heterocycles. The van der Waals surface area contributed by atoms with Gasteiger partial charge in [0.05, 0.1) is 25.9 Å². The number of carbonyl (C=O) groups excluding carboxylic acids is 1. The minimum atomic E-state index is 0.0643. The molecule has 2 aliphatic heterocycles. The topological polar surface area (TPSA) is 51.2 Å². The summed E-state index contributed by atoms with van der Waals surface area (Å²) in [5.74, 6) is 3.91. The normalized spacial score (nSPS) is 20.2. The van der Waals surface area contributed by atoms with Crippen molar-refractivity contribution in [2.45, 2.75) is 52.5 Å². The molecule has 6 nitrogen and oxygen atoms in total. The molecule has 0 aromatic heterocycles. The Morgan fingerprint density at radius 3 is 2.19 bits per heavy atom. The van der Waals surface area contributed by atoms with Gasteiger partial charge in [0.2, 0.25) is 5.75 Å². The van der Waals surface area contributed by atoms with Crippen molar-refractivity contribution >= 4 is 17.7 Å². The third-order valence-corrected chi connectivity index (χ3v) is 6.97. The fourth-order valence-corrected chi connectivity index (χ4v) is 5.42. The van der Waals surface area contributed by atoms with E-state index in [9.17, 15) is 4.79 Å². The summed E-state index contributed by atoms with van der Waals surface area (Å²) < 4.78 is 17.5. The van der Waals surface area contributed by atoms with Gasteiger partial charge in [-0.05, 0) is 71.0 Å². The summed E-state index contributed by atoms with van der Waals surface area (Å²) in [6, 6.07) is 3.89. The Balaban J connectivity index is 1.88. The van der Waals surface area contributed by atoms with Gasteiger partial charge in [-0.15, -0.1) is 0 Å². The van der Waals surface area contributed by atoms with Gasteiger partial charge in [-0.1, -0.05) is 6.42 Å². The molecule has 0 bridgehead atoms. The highest BCUT2D eigenvalue weighted by Crippen LogP contribution is 2.39. The van der Waals surface area contributed by atoms with Gasteiger partial charge in [0.15, 0.2) is 11.5 Å². The van der Waals surface area contributed by atoms with E-state index in [1.807, 2.05) is 44.7 Å². The van der Waals surface area contributed by atoms with Crippen molar-refractivity contribution in [3.05, 3.63) is 17.7 Å². The standard InChI is InChI=1S/C24H38N2O4S/c1-4-28-21-15-19(16-22(29-5-2)23(21)30-6-3)24(27)26-13-10-14-31-18-20(26)17-25-11-8-7-9-12-25/h15-16,20H,4-14,17-18H2,1-3H3. The number of piperidine rings is 1. The minimum Gasteiger partial charge on any atom is -0.490 e. The zero-order chi connectivity index (χ0) is 22.1. The Bertz CT molecular complexity index is 682. The molecule has 1 aromatic carbocycles. The van der Waals surface area contributed by atoms with Crippen molar-refractivity contribution in [1.29, 1.82) is 0 Å². The molecule has 0 spiro atoms. The van der Waals surface area contributed by atoms with Gasteiger partial charge in [-0.2, -0.15) is 11.8 Å². The Labute approximate surface area is 191 Å². The number of rotatable bonds is 9. The van der Waals surface area contributed by atoms with E-state index in [-0.39, 0.29) is 11.9 Å². The van der Waals surface area contributed by atoms with Crippen LogP contribution in [0.4, 0.5) is 0 Å². The maximum atomic E-state index is 13.7. The van der Waals surface area contributed by atoms with E-state index in [2.05, 4.69) is 9.80 Å². The third kappa shape index (κ3) is 6.45. The summed E-state index contributed by atoms with van der Waals surface area (Å²) >= 11 is 1.97. The number of hydrogen-bond donors (Lipinski definition) is 0. The molecule has 0 aliphatic carbocycles. The Kier molecular flexibility index (Phi) is 9.65. The van der Waals surface area contributed by atoms with Crippen LogP contribution < -0.4 is 14.2 Å². The summed E-state index contributed by atoms with van der Waals surface area (Å²) in [4.78, 5) is 18.4. The van der Waals surface area contributed by atoms with Gasteiger partial charge in [0.25, 0.3) is 5.91 Å². The van der Waals surface area contributed by atoms with Crippen molar-refractivity contribution in [3.63, 3.8) is 0 Å². The molecule has 7 heteroatoms. The zero-order valence-corrected chi connectivity index (χ0v) is 20.2. The van der Waals surface area contributed by atoms with Crippen LogP contribution in [-0.4, -0.2) is 79.3 Å². The lowest BCUT2D eigenvalue weighted by Crippen LogP contribution is -2.49. The van der Waals surface area contributed by atoms with E-state index >= 15 is 0 Å². The molecule has 0 saturated carbocycles. The van der Waals surface area contributed by atoms with Gasteiger partial charge in [0.1, 0.15) is 0 Å². The predicted octanol–water partition coefficient (Wildman–Crippen LogP) is 4.32. The van der Waals surface area contributed by atoms with Crippen LogP contribution in [0.3, 0.4) is 0 Å². The van der Waals surface area contributed by atoms with E-state index in [4.69, 9.17) is 14.2 Å². The molecular weight excluding hydrogens is 412 g/mol. The molecule has 1 unspecified atom stereocenters. The molecule has 2 aliphatic rings. The minimum absolute atomic E-state index is 0.0643. The Hall–Kier alpha value is -1.60. The second-order valence-electron chi connectivity index (χ2n) is 8.04. The van der Waals surface area contributed by atoms with Crippen molar-refractivity contribution in [2.24, 2.45) is 0 Å². The largest absolute Gasteiger partial charge is 0.490 e. The first-order valence-electron chi connectivity index (χ1n) is 11.8. The average Bonchev–Trinajstić information content (AvgIpc) is 3.01. The van der Waals surface area contributed by atoms with Gasteiger partial charge < -0.3 is 24.0 Å². The van der Waals surface area contributed by atoms with Crippen molar-refractivity contribution in [3.8, 4) is 17.2 Å². The fourth-order valence-electron chi connectivity index (χ4n) is 4.37. The van der Waals surface area contributed by atoms with Crippen LogP contribution in [0.1, 0.15) is 56.8 Å². The molecule has 174 valence electrons. The van der Waals surface area contributed by atoms with Crippen LogP contribution in [0.5, 0.6) is 17.2 Å². The third-order valence-electron chi connectivity index (χ3n) is 5.77. The summed E-state index contributed by atoms with van der Waals surface area (Å²) in [5, 5.41) is 0. The first kappa shape index (κ1) is 24.1. The van der Waals surface area contributed by atoms with Crippen LogP contribution in [0, 0.1) is 0 Å². The van der Waals surface area contributed by atoms with Crippen LogP contribution in [0.2, 0.25) is 0 Å². The first-order chi connectivity index (χ1) is 15.2. The van der Waals surface area contributed by atoms with Crippen LogP contribution in [-0.2, 0) is 0 Å². The highest BCUT2D eigenvalue weighted by Gasteiger charge is 2.30. The van der Waals surface area contributed by atoms with Crippen molar-refractivity contribution in [1.82, 2.24) is 9.80 Å². The lowest BCUT2D eigenvalue weighted by molar-refractivity contribution is 0.0644. The SMILES string of the molecule is CCOc1cc(C(=O)N2CCCSCC2CN2CCCCC2)cc(OCC)c1OCC. The van der Waals surface area contributed by atoms with E-state index in [0.717, 1.165) is 44.1 Å². The Morgan fingerprint density at radius 1 is 0.935 bits per heavy atom. The van der Waals surface area contributed by atoms with E-state index < -0.39 is 0 Å². The predicted molar refractivity (Wildman–Crippen MR) is 127 cm³/mol. The van der Waals surface area contributed by atoms with E-state index in [1.165, 1.54) is 19.3 Å². The number of carbonyl (C=O) groups is 1. The number of hydrogen-bond acceptors (Lipinski definition) is 6. The van der Waals surface area contributed by atoms with Crippen LogP contribution in [0.25, 0.3) is 0 Å². The summed E-state index contributed by atoms with van der Waals surface area (Å²) in [6.45, 7) is 11.4. The number of ether oxygens (including phenoxy) is 3. The van der Waals surface area contributed by atoms with Gasteiger partial charge >= 0.3 is 0 Å². The van der Waals surface area contributed by atoms with Crippen molar-refractivity contribution in [2.75, 3.05) is 57.5 Å². The smallest absolute Gasteiger partial charge is 0.254 e. The second-order valence-corrected chi connectivity index (χ2v) is 9.19. The van der Waals surface area contributed by atoms with Crippen molar-refractivity contribution < 1.29 is 19.0 Å². The average molecular weight is 451 g/mol. The lowest BCUT2D eigenvalue weighted by Gasteiger charge is -2.36. The molecule has 0 radical (unpaired) electrons. The molecule has 1 atom stereocenters. The number of thioether (sulfide) groups is 1. The number of likely N-dealkylation sites (tertiary alicyclic amines) is 1. The maximum absolute atomic E-state index is 13.7. The number of nitrogens with zero attached hydrogens (tertiary/aromatic N) is 2. The highest BCUT2D eigenvalue weighted by atomic mass is 32.2. The molecular formula is C24H38N2O4S. The monoisotopic (exact) mass is 450 g/mol. The van der Waals surface area contributed by atoms with E-state index in [0.29, 0.717) is 42.6 Å². The molecule has 1 aromatic rings. The molecule has 3 rings (SSSR count). The maximum Gasteiger partial charge on any atom is 0.254 e. The lowest BCUT2D eigenvalue weighted by atomic mass is 10.1. The van der Waals surface area contributed by atoms with Crippen LogP contribution in [0.15, 0.2) is 12.1 Å². The zero-order valence-electron chi connectivity index (χ0n) is 19.4. The molecule has 31 heavy (non-hydrogen) atoms. The van der Waals surface area contributed by atoms with Gasteiger partial charge in [-0.25, -0.2) is 0 Å². The highest BCUT2D eigenvalue weighted by molar-refractivity contribution is 7.99. The van der Waals surface area contributed by atoms with Crippen LogP contribution >= 0.6 is 11.8 Å². The quantitative estimate of drug-likeness (QED) is 0.559. The summed E-state index contributed by atoms with van der Waals surface area (Å²) in [7, 11) is 0. The molecule has 0 N–H and O–H groups in total. The summed E-state index contributed by atoms with van der Waals surface area (Å²) in [6.07, 6.45) is 4.88. The Morgan fingerprint density at radius 2 is 1.58 bits per heavy atom. The number of benzene rings is 1. The van der Waals surface area contributed by atoms with Gasteiger partial charge in [-0.3, -0.25) is 4.79 Å². The molecule has 2 fully saturated rings. The van der Waals surface area contributed by atoms with Gasteiger partial charge in [0, 0.05) is 24.4 Å². The molecule has 2 heterocycles. The second kappa shape index (κ2) is 12.4. The molecule has 1 amide bonds. The van der Waals surface area contributed by atoms with E-state index in [1.54, 1.807) is 0 Å². The first-order valence-corrected chi connectivity index (χ1v) is 13.0. The fraction of sp³-hybridized carbons (Fsp3) is 0.708.